The quantitative estimate of drug-likeness (QED) is 0.649. The van der Waals surface area contributed by atoms with Crippen molar-refractivity contribution in [2.75, 3.05) is 25.1 Å². The molecule has 1 aliphatic rings. The van der Waals surface area contributed by atoms with E-state index in [2.05, 4.69) is 10.6 Å². The standard InChI is InChI=1S/C11H22N2O2S/c1-8-9(4-5-12-8)10(14)13-6-11(2,15)7-16-3/h8-9,12,15H,4-7H2,1-3H3,(H,13,14). The van der Waals surface area contributed by atoms with Crippen molar-refractivity contribution in [1.29, 1.82) is 0 Å². The number of hydrogen-bond donors (Lipinski definition) is 3. The van der Waals surface area contributed by atoms with Crippen LogP contribution in [0, 0.1) is 5.92 Å². The Morgan fingerprint density at radius 2 is 2.38 bits per heavy atom. The summed E-state index contributed by atoms with van der Waals surface area (Å²) in [5, 5.41) is 16.0. The largest absolute Gasteiger partial charge is 0.387 e. The van der Waals surface area contributed by atoms with Gasteiger partial charge in [0.25, 0.3) is 0 Å². The van der Waals surface area contributed by atoms with Gasteiger partial charge in [-0.3, -0.25) is 4.79 Å². The molecule has 0 aromatic heterocycles. The first kappa shape index (κ1) is 13.8. The Hall–Kier alpha value is -0.260. The van der Waals surface area contributed by atoms with E-state index < -0.39 is 5.60 Å². The molecule has 1 heterocycles. The van der Waals surface area contributed by atoms with Gasteiger partial charge in [-0.05, 0) is 33.1 Å². The van der Waals surface area contributed by atoms with E-state index in [0.29, 0.717) is 12.3 Å². The third-order valence-electron chi connectivity index (χ3n) is 2.96. The predicted molar refractivity (Wildman–Crippen MR) is 67.6 cm³/mol. The molecule has 1 fully saturated rings. The molecule has 3 N–H and O–H groups in total. The normalized spacial score (nSPS) is 28.8. The first-order valence-corrected chi connectivity index (χ1v) is 7.08. The average molecular weight is 246 g/mol. The molecule has 16 heavy (non-hydrogen) atoms. The summed E-state index contributed by atoms with van der Waals surface area (Å²) in [4.78, 5) is 11.8. The smallest absolute Gasteiger partial charge is 0.224 e. The van der Waals surface area contributed by atoms with Crippen LogP contribution >= 0.6 is 11.8 Å². The highest BCUT2D eigenvalue weighted by Crippen LogP contribution is 2.15. The number of carbonyl (C=O) groups excluding carboxylic acids is 1. The number of aliphatic hydroxyl groups is 1. The van der Waals surface area contributed by atoms with E-state index in [4.69, 9.17) is 0 Å². The van der Waals surface area contributed by atoms with Crippen molar-refractivity contribution < 1.29 is 9.90 Å². The van der Waals surface area contributed by atoms with Crippen molar-refractivity contribution in [1.82, 2.24) is 10.6 Å². The zero-order valence-corrected chi connectivity index (χ0v) is 11.1. The molecule has 0 aliphatic carbocycles. The van der Waals surface area contributed by atoms with E-state index in [1.54, 1.807) is 18.7 Å². The maximum atomic E-state index is 11.8. The van der Waals surface area contributed by atoms with Crippen LogP contribution < -0.4 is 10.6 Å². The van der Waals surface area contributed by atoms with Crippen molar-refractivity contribution in [2.24, 2.45) is 5.92 Å². The second kappa shape index (κ2) is 5.89. The van der Waals surface area contributed by atoms with Crippen molar-refractivity contribution in [3.63, 3.8) is 0 Å². The number of nitrogens with one attached hydrogen (secondary N) is 2. The second-order valence-corrected chi connectivity index (χ2v) is 5.65. The van der Waals surface area contributed by atoms with Crippen LogP contribution in [0.2, 0.25) is 0 Å². The molecule has 0 spiro atoms. The van der Waals surface area contributed by atoms with Crippen LogP contribution in [-0.4, -0.2) is 47.8 Å². The molecule has 1 rings (SSSR count). The summed E-state index contributed by atoms with van der Waals surface area (Å²) < 4.78 is 0. The zero-order valence-electron chi connectivity index (χ0n) is 10.2. The van der Waals surface area contributed by atoms with Gasteiger partial charge in [-0.15, -0.1) is 0 Å². The first-order chi connectivity index (χ1) is 7.46. The highest BCUT2D eigenvalue weighted by atomic mass is 32.2. The molecule has 1 amide bonds. The van der Waals surface area contributed by atoms with E-state index >= 15 is 0 Å². The summed E-state index contributed by atoms with van der Waals surface area (Å²) in [5.74, 6) is 0.732. The van der Waals surface area contributed by atoms with Crippen LogP contribution in [0.4, 0.5) is 0 Å². The van der Waals surface area contributed by atoms with Gasteiger partial charge in [-0.2, -0.15) is 11.8 Å². The molecule has 3 unspecified atom stereocenters. The van der Waals surface area contributed by atoms with Gasteiger partial charge < -0.3 is 15.7 Å². The molecule has 1 aliphatic heterocycles. The third-order valence-corrected chi connectivity index (χ3v) is 3.87. The van der Waals surface area contributed by atoms with Crippen LogP contribution in [0.1, 0.15) is 20.3 Å². The SMILES string of the molecule is CSCC(C)(O)CNC(=O)C1CCNC1C. The van der Waals surface area contributed by atoms with Gasteiger partial charge in [0.1, 0.15) is 0 Å². The maximum Gasteiger partial charge on any atom is 0.224 e. The van der Waals surface area contributed by atoms with Crippen molar-refractivity contribution in [2.45, 2.75) is 31.9 Å². The number of rotatable bonds is 5. The molecule has 3 atom stereocenters. The topological polar surface area (TPSA) is 61.4 Å². The monoisotopic (exact) mass is 246 g/mol. The molecule has 94 valence electrons. The molecular weight excluding hydrogens is 224 g/mol. The minimum atomic E-state index is -0.815. The van der Waals surface area contributed by atoms with Crippen LogP contribution in [0.3, 0.4) is 0 Å². The molecular formula is C11H22N2O2S. The number of carbonyl (C=O) groups is 1. The van der Waals surface area contributed by atoms with Gasteiger partial charge in [0, 0.05) is 18.3 Å². The molecule has 4 nitrogen and oxygen atoms in total. The van der Waals surface area contributed by atoms with E-state index in [-0.39, 0.29) is 17.9 Å². The Labute approximate surface area is 102 Å². The fourth-order valence-electron chi connectivity index (χ4n) is 1.99. The fourth-order valence-corrected chi connectivity index (χ4v) is 2.71. The Bertz CT molecular complexity index is 246. The van der Waals surface area contributed by atoms with E-state index in [1.165, 1.54) is 0 Å². The first-order valence-electron chi connectivity index (χ1n) is 5.69. The predicted octanol–water partition coefficient (Wildman–Crippen LogP) is 0.215. The molecule has 0 saturated carbocycles. The van der Waals surface area contributed by atoms with Gasteiger partial charge in [-0.1, -0.05) is 0 Å². The average Bonchev–Trinajstić information content (AvgIpc) is 2.61. The van der Waals surface area contributed by atoms with Gasteiger partial charge >= 0.3 is 0 Å². The summed E-state index contributed by atoms with van der Waals surface area (Å²) in [6.45, 7) is 5.01. The van der Waals surface area contributed by atoms with Crippen LogP contribution in [0.5, 0.6) is 0 Å². The van der Waals surface area contributed by atoms with E-state index in [0.717, 1.165) is 13.0 Å². The lowest BCUT2D eigenvalue weighted by atomic mass is 10.0. The zero-order chi connectivity index (χ0) is 12.2. The maximum absolute atomic E-state index is 11.8. The summed E-state index contributed by atoms with van der Waals surface area (Å²) in [6, 6.07) is 0.241. The number of thioether (sulfide) groups is 1. The highest BCUT2D eigenvalue weighted by molar-refractivity contribution is 7.98. The third kappa shape index (κ3) is 3.96. The number of hydrogen-bond acceptors (Lipinski definition) is 4. The van der Waals surface area contributed by atoms with Gasteiger partial charge in [0.2, 0.25) is 5.91 Å². The van der Waals surface area contributed by atoms with Crippen molar-refractivity contribution in [3.05, 3.63) is 0 Å². The molecule has 1 saturated heterocycles. The lowest BCUT2D eigenvalue weighted by Gasteiger charge is -2.24. The summed E-state index contributed by atoms with van der Waals surface area (Å²) in [5.41, 5.74) is -0.815. The fraction of sp³-hybridized carbons (Fsp3) is 0.909. The van der Waals surface area contributed by atoms with Gasteiger partial charge in [-0.25, -0.2) is 0 Å². The summed E-state index contributed by atoms with van der Waals surface area (Å²) in [7, 11) is 0. The summed E-state index contributed by atoms with van der Waals surface area (Å²) >= 11 is 1.58. The van der Waals surface area contributed by atoms with Crippen LogP contribution in [-0.2, 0) is 4.79 Å². The summed E-state index contributed by atoms with van der Waals surface area (Å²) in [6.07, 6.45) is 2.83. The number of amides is 1. The van der Waals surface area contributed by atoms with E-state index in [1.807, 2.05) is 13.2 Å². The molecule has 5 heteroatoms. The van der Waals surface area contributed by atoms with E-state index in [9.17, 15) is 9.90 Å². The van der Waals surface area contributed by atoms with Crippen molar-refractivity contribution in [3.8, 4) is 0 Å². The van der Waals surface area contributed by atoms with Crippen LogP contribution in [0.25, 0.3) is 0 Å². The Morgan fingerprint density at radius 1 is 1.69 bits per heavy atom. The molecule has 0 bridgehead atoms. The van der Waals surface area contributed by atoms with Gasteiger partial charge in [0.05, 0.1) is 11.5 Å². The minimum absolute atomic E-state index is 0.0464. The Morgan fingerprint density at radius 3 is 2.88 bits per heavy atom. The minimum Gasteiger partial charge on any atom is -0.387 e. The van der Waals surface area contributed by atoms with Gasteiger partial charge in [0.15, 0.2) is 0 Å². The Kier molecular flexibility index (Phi) is 5.08. The van der Waals surface area contributed by atoms with Crippen molar-refractivity contribution >= 4 is 17.7 Å². The highest BCUT2D eigenvalue weighted by Gasteiger charge is 2.30. The Balaban J connectivity index is 2.34. The van der Waals surface area contributed by atoms with Crippen LogP contribution in [0.15, 0.2) is 0 Å². The lowest BCUT2D eigenvalue weighted by molar-refractivity contribution is -0.126. The molecule has 0 radical (unpaired) electrons. The molecule has 0 aromatic rings. The molecule has 0 aromatic carbocycles. The second-order valence-electron chi connectivity index (χ2n) is 4.79. The lowest BCUT2D eigenvalue weighted by Crippen LogP contribution is -2.45.